The quantitative estimate of drug-likeness (QED) is 0.919. The molecule has 0 unspecified atom stereocenters. The highest BCUT2D eigenvalue weighted by molar-refractivity contribution is 9.10. The van der Waals surface area contributed by atoms with Crippen molar-refractivity contribution in [1.82, 2.24) is 0 Å². The fourth-order valence-electron chi connectivity index (χ4n) is 2.57. The van der Waals surface area contributed by atoms with Gasteiger partial charge in [0.25, 0.3) is 0 Å². The van der Waals surface area contributed by atoms with Gasteiger partial charge in [-0.05, 0) is 46.1 Å². The van der Waals surface area contributed by atoms with E-state index in [-0.39, 0.29) is 0 Å². The van der Waals surface area contributed by atoms with Gasteiger partial charge < -0.3 is 10.2 Å². The van der Waals surface area contributed by atoms with Gasteiger partial charge in [0.2, 0.25) is 0 Å². The van der Waals surface area contributed by atoms with Crippen molar-refractivity contribution in [3.8, 4) is 0 Å². The van der Waals surface area contributed by atoms with E-state index in [1.165, 1.54) is 17.7 Å². The highest BCUT2D eigenvalue weighted by atomic mass is 79.9. The van der Waals surface area contributed by atoms with Crippen molar-refractivity contribution in [2.24, 2.45) is 0 Å². The second-order valence-electron chi connectivity index (χ2n) is 4.77. The zero-order valence-corrected chi connectivity index (χ0v) is 12.4. The molecule has 0 aromatic heterocycles. The standard InChI is InChI=1S/C16H17BrN2/c17-14-6-2-3-7-15(14)18-10-12-19-11-9-13-5-1-4-8-16(13)19/h1-8,18H,9-12H2. The third-order valence-electron chi connectivity index (χ3n) is 3.55. The van der Waals surface area contributed by atoms with E-state index in [2.05, 4.69) is 68.6 Å². The highest BCUT2D eigenvalue weighted by Gasteiger charge is 2.17. The van der Waals surface area contributed by atoms with Crippen LogP contribution in [0.5, 0.6) is 0 Å². The van der Waals surface area contributed by atoms with Gasteiger partial charge in [0.05, 0.1) is 0 Å². The molecule has 0 fully saturated rings. The molecule has 1 heterocycles. The Kier molecular flexibility index (Phi) is 3.74. The molecule has 0 atom stereocenters. The maximum Gasteiger partial charge on any atom is 0.0485 e. The summed E-state index contributed by atoms with van der Waals surface area (Å²) in [6, 6.07) is 17.0. The number of fused-ring (bicyclic) bond motifs is 1. The van der Waals surface area contributed by atoms with Gasteiger partial charge in [0.15, 0.2) is 0 Å². The molecule has 2 aromatic carbocycles. The van der Waals surface area contributed by atoms with Gasteiger partial charge in [-0.2, -0.15) is 0 Å². The van der Waals surface area contributed by atoms with E-state index in [0.29, 0.717) is 0 Å². The van der Waals surface area contributed by atoms with Crippen molar-refractivity contribution in [2.45, 2.75) is 6.42 Å². The molecule has 3 heteroatoms. The summed E-state index contributed by atoms with van der Waals surface area (Å²) in [5.41, 5.74) is 4.04. The highest BCUT2D eigenvalue weighted by Crippen LogP contribution is 2.27. The molecule has 0 spiro atoms. The van der Waals surface area contributed by atoms with Crippen LogP contribution in [0.1, 0.15) is 5.56 Å². The molecule has 98 valence electrons. The third-order valence-corrected chi connectivity index (χ3v) is 4.25. The molecule has 0 saturated carbocycles. The van der Waals surface area contributed by atoms with Crippen molar-refractivity contribution in [1.29, 1.82) is 0 Å². The number of nitrogens with zero attached hydrogens (tertiary/aromatic N) is 1. The van der Waals surface area contributed by atoms with Gasteiger partial charge >= 0.3 is 0 Å². The monoisotopic (exact) mass is 316 g/mol. The van der Waals surface area contributed by atoms with E-state index in [4.69, 9.17) is 0 Å². The van der Waals surface area contributed by atoms with Crippen molar-refractivity contribution in [2.75, 3.05) is 29.9 Å². The molecule has 0 saturated heterocycles. The van der Waals surface area contributed by atoms with Gasteiger partial charge in [0.1, 0.15) is 0 Å². The molecule has 3 rings (SSSR count). The van der Waals surface area contributed by atoms with E-state index in [1.54, 1.807) is 0 Å². The number of hydrogen-bond acceptors (Lipinski definition) is 2. The average molecular weight is 317 g/mol. The summed E-state index contributed by atoms with van der Waals surface area (Å²) in [4.78, 5) is 2.46. The number of hydrogen-bond donors (Lipinski definition) is 1. The maximum absolute atomic E-state index is 3.56. The van der Waals surface area contributed by atoms with E-state index < -0.39 is 0 Å². The summed E-state index contributed by atoms with van der Waals surface area (Å²) >= 11 is 3.56. The van der Waals surface area contributed by atoms with Crippen LogP contribution >= 0.6 is 15.9 Å². The van der Waals surface area contributed by atoms with Crippen LogP contribution < -0.4 is 10.2 Å². The first-order valence-electron chi connectivity index (χ1n) is 6.66. The van der Waals surface area contributed by atoms with Crippen molar-refractivity contribution < 1.29 is 0 Å². The minimum atomic E-state index is 0.955. The Labute approximate surface area is 122 Å². The molecule has 1 aliphatic heterocycles. The lowest BCUT2D eigenvalue weighted by molar-refractivity contribution is 0.838. The van der Waals surface area contributed by atoms with Gasteiger partial charge in [-0.1, -0.05) is 30.3 Å². The van der Waals surface area contributed by atoms with E-state index in [0.717, 1.165) is 29.8 Å². The zero-order valence-electron chi connectivity index (χ0n) is 10.8. The smallest absolute Gasteiger partial charge is 0.0485 e. The predicted octanol–water partition coefficient (Wildman–Crippen LogP) is 3.92. The Balaban J connectivity index is 1.58. The summed E-state index contributed by atoms with van der Waals surface area (Å²) in [5.74, 6) is 0. The Hall–Kier alpha value is -1.48. The Bertz CT molecular complexity index is 568. The van der Waals surface area contributed by atoms with Crippen LogP contribution in [-0.4, -0.2) is 19.6 Å². The molecule has 2 nitrogen and oxygen atoms in total. The van der Waals surface area contributed by atoms with Crippen LogP contribution in [0.2, 0.25) is 0 Å². The first-order chi connectivity index (χ1) is 9.34. The normalized spacial score (nSPS) is 13.4. The third kappa shape index (κ3) is 2.76. The van der Waals surface area contributed by atoms with Crippen molar-refractivity contribution in [3.63, 3.8) is 0 Å². The van der Waals surface area contributed by atoms with E-state index in [1.807, 2.05) is 6.07 Å². The fourth-order valence-corrected chi connectivity index (χ4v) is 2.99. The summed E-state index contributed by atoms with van der Waals surface area (Å²) < 4.78 is 1.12. The summed E-state index contributed by atoms with van der Waals surface area (Å²) in [5, 5.41) is 3.48. The fraction of sp³-hybridized carbons (Fsp3) is 0.250. The number of rotatable bonds is 4. The number of benzene rings is 2. The Morgan fingerprint density at radius 2 is 1.84 bits per heavy atom. The second kappa shape index (κ2) is 5.66. The van der Waals surface area contributed by atoms with Crippen LogP contribution in [0, 0.1) is 0 Å². The van der Waals surface area contributed by atoms with E-state index >= 15 is 0 Å². The first kappa shape index (κ1) is 12.5. The lowest BCUT2D eigenvalue weighted by atomic mass is 10.2. The predicted molar refractivity (Wildman–Crippen MR) is 85.0 cm³/mol. The number of nitrogens with one attached hydrogen (secondary N) is 1. The van der Waals surface area contributed by atoms with Crippen LogP contribution in [0.3, 0.4) is 0 Å². The molecular weight excluding hydrogens is 300 g/mol. The van der Waals surface area contributed by atoms with Gasteiger partial charge in [-0.15, -0.1) is 0 Å². The van der Waals surface area contributed by atoms with Gasteiger partial charge in [-0.25, -0.2) is 0 Å². The molecule has 2 aromatic rings. The summed E-state index contributed by atoms with van der Waals surface area (Å²) in [6.07, 6.45) is 1.17. The minimum absolute atomic E-state index is 0.955. The number of anilines is 2. The molecular formula is C16H17BrN2. The Morgan fingerprint density at radius 1 is 1.05 bits per heavy atom. The maximum atomic E-state index is 3.56. The number of para-hydroxylation sites is 2. The van der Waals surface area contributed by atoms with Crippen LogP contribution in [-0.2, 0) is 6.42 Å². The van der Waals surface area contributed by atoms with Crippen molar-refractivity contribution in [3.05, 3.63) is 58.6 Å². The molecule has 0 radical (unpaired) electrons. The number of halogens is 1. The zero-order chi connectivity index (χ0) is 13.1. The lowest BCUT2D eigenvalue weighted by Crippen LogP contribution is -2.27. The minimum Gasteiger partial charge on any atom is -0.382 e. The SMILES string of the molecule is Brc1ccccc1NCCN1CCc2ccccc21. The van der Waals surface area contributed by atoms with Crippen LogP contribution in [0.25, 0.3) is 0 Å². The van der Waals surface area contributed by atoms with Gasteiger partial charge in [-0.3, -0.25) is 0 Å². The molecule has 1 N–H and O–H groups in total. The molecule has 19 heavy (non-hydrogen) atoms. The van der Waals surface area contributed by atoms with Crippen LogP contribution in [0.4, 0.5) is 11.4 Å². The van der Waals surface area contributed by atoms with Gasteiger partial charge in [0, 0.05) is 35.5 Å². The average Bonchev–Trinajstić information content (AvgIpc) is 2.85. The first-order valence-corrected chi connectivity index (χ1v) is 7.45. The Morgan fingerprint density at radius 3 is 2.74 bits per heavy atom. The molecule has 1 aliphatic rings. The summed E-state index contributed by atoms with van der Waals surface area (Å²) in [7, 11) is 0. The molecule has 0 amide bonds. The largest absolute Gasteiger partial charge is 0.382 e. The summed E-state index contributed by atoms with van der Waals surface area (Å²) in [6.45, 7) is 3.13. The van der Waals surface area contributed by atoms with Crippen LogP contribution in [0.15, 0.2) is 53.0 Å². The topological polar surface area (TPSA) is 15.3 Å². The second-order valence-corrected chi connectivity index (χ2v) is 5.63. The van der Waals surface area contributed by atoms with Crippen molar-refractivity contribution >= 4 is 27.3 Å². The molecule has 0 aliphatic carbocycles. The van der Waals surface area contributed by atoms with E-state index in [9.17, 15) is 0 Å². The molecule has 0 bridgehead atoms. The lowest BCUT2D eigenvalue weighted by Gasteiger charge is -2.20.